The number of phenols is 1. The lowest BCUT2D eigenvalue weighted by Gasteiger charge is -2.29. The van der Waals surface area contributed by atoms with Crippen LogP contribution in [0.2, 0.25) is 0 Å². The van der Waals surface area contributed by atoms with E-state index < -0.39 is 59.8 Å². The third-order valence-corrected chi connectivity index (χ3v) is 5.86. The Kier molecular flexibility index (Phi) is 10.7. The van der Waals surface area contributed by atoms with Gasteiger partial charge in [0.25, 0.3) is 5.91 Å². The van der Waals surface area contributed by atoms with Gasteiger partial charge in [-0.25, -0.2) is 4.79 Å². The number of para-hydroxylation sites is 1. The molecule has 5 unspecified atom stereocenters. The zero-order chi connectivity index (χ0) is 26.8. The van der Waals surface area contributed by atoms with Crippen molar-refractivity contribution < 1.29 is 43.3 Å². The molecule has 1 saturated heterocycles. The van der Waals surface area contributed by atoms with E-state index in [9.17, 15) is 29.1 Å². The molecule has 1 fully saturated rings. The fourth-order valence-corrected chi connectivity index (χ4v) is 3.92. The van der Waals surface area contributed by atoms with Gasteiger partial charge in [-0.15, -0.1) is 0 Å². The van der Waals surface area contributed by atoms with Crippen molar-refractivity contribution >= 4 is 35.9 Å². The van der Waals surface area contributed by atoms with E-state index in [2.05, 4.69) is 10.6 Å². The maximum Gasteiger partial charge on any atom is 0.332 e. The number of unbranched alkanes of at least 4 members (excludes halogenated alkanes) is 1. The summed E-state index contributed by atoms with van der Waals surface area (Å²) in [5.41, 5.74) is -0.216. The zero-order valence-electron chi connectivity index (χ0n) is 20.9. The molecule has 1 aliphatic rings. The highest BCUT2D eigenvalue weighted by molar-refractivity contribution is 6.01. The summed E-state index contributed by atoms with van der Waals surface area (Å²) in [5, 5.41) is 15.0. The van der Waals surface area contributed by atoms with Crippen LogP contribution in [0.3, 0.4) is 0 Å². The van der Waals surface area contributed by atoms with Gasteiger partial charge >= 0.3 is 17.9 Å². The molecule has 5 atom stereocenters. The first-order chi connectivity index (χ1) is 17.1. The van der Waals surface area contributed by atoms with E-state index in [1.54, 1.807) is 0 Å². The van der Waals surface area contributed by atoms with Crippen molar-refractivity contribution in [2.75, 3.05) is 5.32 Å². The molecular formula is C25H34N2O9. The van der Waals surface area contributed by atoms with E-state index in [0.717, 1.165) is 6.42 Å². The average molecular weight is 507 g/mol. The molecule has 0 aliphatic carbocycles. The Morgan fingerprint density at radius 3 is 2.42 bits per heavy atom. The Bertz CT molecular complexity index is 965. The van der Waals surface area contributed by atoms with Crippen molar-refractivity contribution in [1.82, 2.24) is 5.32 Å². The van der Waals surface area contributed by atoms with Crippen molar-refractivity contribution in [1.29, 1.82) is 0 Å². The molecule has 0 aromatic heterocycles. The van der Waals surface area contributed by atoms with Gasteiger partial charge in [-0.05, 0) is 38.8 Å². The summed E-state index contributed by atoms with van der Waals surface area (Å²) < 4.78 is 16.7. The number of carbonyl (C=O) groups is 5. The maximum absolute atomic E-state index is 13.1. The minimum absolute atomic E-state index is 0.00158. The number of benzene rings is 1. The third kappa shape index (κ3) is 7.19. The number of ether oxygens (including phenoxy) is 3. The fraction of sp³-hybridized carbons (Fsp3) is 0.560. The number of amides is 2. The fourth-order valence-electron chi connectivity index (χ4n) is 3.92. The molecule has 11 nitrogen and oxygen atoms in total. The van der Waals surface area contributed by atoms with Crippen LogP contribution in [-0.4, -0.2) is 59.7 Å². The first-order valence-corrected chi connectivity index (χ1v) is 12.1. The van der Waals surface area contributed by atoms with Crippen LogP contribution in [0, 0.1) is 5.92 Å². The first kappa shape index (κ1) is 28.6. The van der Waals surface area contributed by atoms with Gasteiger partial charge in [0.15, 0.2) is 17.9 Å². The molecule has 0 spiro atoms. The van der Waals surface area contributed by atoms with Crippen molar-refractivity contribution in [2.24, 2.45) is 5.92 Å². The summed E-state index contributed by atoms with van der Waals surface area (Å²) in [6, 6.07) is 2.70. The summed E-state index contributed by atoms with van der Waals surface area (Å²) in [6.07, 6.45) is -0.355. The number of rotatable bonds is 10. The van der Waals surface area contributed by atoms with E-state index in [4.69, 9.17) is 14.2 Å². The van der Waals surface area contributed by atoms with Crippen molar-refractivity contribution in [3.05, 3.63) is 23.8 Å². The standard InChI is InChI=1S/C25H34N2O9/c1-5-7-10-17-22(36-19(29)9-6-2)15(4)35-25(33)20(14(3)34-24(17)32)27-23(31)16-11-8-12-18(21(16)30)26-13-28/h8,11-15,17,20,22,30H,5-7,9-10H2,1-4H3,(H,26,28)(H,27,31). The highest BCUT2D eigenvalue weighted by Gasteiger charge is 2.43. The van der Waals surface area contributed by atoms with Crippen LogP contribution in [0.4, 0.5) is 5.69 Å². The van der Waals surface area contributed by atoms with Gasteiger partial charge in [0, 0.05) is 6.42 Å². The number of phenolic OH excluding ortho intramolecular Hbond substituents is 1. The maximum atomic E-state index is 13.1. The molecular weight excluding hydrogens is 472 g/mol. The molecule has 1 heterocycles. The Labute approximate surface area is 209 Å². The summed E-state index contributed by atoms with van der Waals surface area (Å²) in [7, 11) is 0. The second-order valence-electron chi connectivity index (χ2n) is 8.65. The minimum atomic E-state index is -1.41. The highest BCUT2D eigenvalue weighted by Crippen LogP contribution is 2.28. The smallest absolute Gasteiger partial charge is 0.332 e. The molecule has 2 rings (SSSR count). The molecule has 1 aromatic carbocycles. The topological polar surface area (TPSA) is 157 Å². The van der Waals surface area contributed by atoms with E-state index in [1.807, 2.05) is 13.8 Å². The van der Waals surface area contributed by atoms with E-state index in [-0.39, 0.29) is 17.7 Å². The predicted molar refractivity (Wildman–Crippen MR) is 128 cm³/mol. The second kappa shape index (κ2) is 13.5. The van der Waals surface area contributed by atoms with Crippen LogP contribution in [0.5, 0.6) is 5.75 Å². The number of cyclic esters (lactones) is 2. The average Bonchev–Trinajstić information content (AvgIpc) is 2.85. The van der Waals surface area contributed by atoms with Crippen LogP contribution in [0.15, 0.2) is 18.2 Å². The number of carbonyl (C=O) groups excluding carboxylic acids is 5. The minimum Gasteiger partial charge on any atom is -0.505 e. The summed E-state index contributed by atoms with van der Waals surface area (Å²) in [5.74, 6) is -4.30. The Morgan fingerprint density at radius 2 is 1.78 bits per heavy atom. The van der Waals surface area contributed by atoms with Crippen LogP contribution in [0.25, 0.3) is 0 Å². The van der Waals surface area contributed by atoms with E-state index in [0.29, 0.717) is 25.7 Å². The number of nitrogens with one attached hydrogen (secondary N) is 2. The van der Waals surface area contributed by atoms with Gasteiger partial charge in [-0.3, -0.25) is 19.2 Å². The molecule has 1 aromatic rings. The molecule has 3 N–H and O–H groups in total. The number of hydrogen-bond acceptors (Lipinski definition) is 9. The number of aromatic hydroxyl groups is 1. The van der Waals surface area contributed by atoms with Crippen LogP contribution in [0.1, 0.15) is 70.2 Å². The molecule has 1 aliphatic heterocycles. The van der Waals surface area contributed by atoms with Gasteiger partial charge in [0.05, 0.1) is 17.2 Å². The van der Waals surface area contributed by atoms with Gasteiger partial charge < -0.3 is 30.0 Å². The van der Waals surface area contributed by atoms with Gasteiger partial charge in [-0.2, -0.15) is 0 Å². The number of anilines is 1. The zero-order valence-corrected chi connectivity index (χ0v) is 20.9. The lowest BCUT2D eigenvalue weighted by Crippen LogP contribution is -2.50. The number of hydrogen-bond donors (Lipinski definition) is 3. The lowest BCUT2D eigenvalue weighted by molar-refractivity contribution is -0.175. The lowest BCUT2D eigenvalue weighted by atomic mass is 9.92. The number of esters is 3. The molecule has 11 heteroatoms. The molecule has 0 radical (unpaired) electrons. The normalized spacial score (nSPS) is 24.3. The Hall–Kier alpha value is -3.63. The monoisotopic (exact) mass is 506 g/mol. The van der Waals surface area contributed by atoms with Crippen molar-refractivity contribution in [2.45, 2.75) is 84.2 Å². The van der Waals surface area contributed by atoms with Crippen molar-refractivity contribution in [3.8, 4) is 5.75 Å². The van der Waals surface area contributed by atoms with Crippen LogP contribution < -0.4 is 10.6 Å². The highest BCUT2D eigenvalue weighted by atomic mass is 16.6. The Balaban J connectivity index is 2.34. The first-order valence-electron chi connectivity index (χ1n) is 12.1. The molecule has 0 saturated carbocycles. The summed E-state index contributed by atoms with van der Waals surface area (Å²) >= 11 is 0. The molecule has 198 valence electrons. The predicted octanol–water partition coefficient (Wildman–Crippen LogP) is 2.45. The molecule has 36 heavy (non-hydrogen) atoms. The molecule has 0 bridgehead atoms. The van der Waals surface area contributed by atoms with Crippen molar-refractivity contribution in [3.63, 3.8) is 0 Å². The van der Waals surface area contributed by atoms with Crippen LogP contribution >= 0.6 is 0 Å². The third-order valence-electron chi connectivity index (χ3n) is 5.86. The molecule has 2 amide bonds. The largest absolute Gasteiger partial charge is 0.505 e. The quantitative estimate of drug-likeness (QED) is 0.188. The Morgan fingerprint density at radius 1 is 1.08 bits per heavy atom. The van der Waals surface area contributed by atoms with Gasteiger partial charge in [0.1, 0.15) is 12.2 Å². The van der Waals surface area contributed by atoms with E-state index >= 15 is 0 Å². The summed E-state index contributed by atoms with van der Waals surface area (Å²) in [4.78, 5) is 62.1. The second-order valence-corrected chi connectivity index (χ2v) is 8.65. The summed E-state index contributed by atoms with van der Waals surface area (Å²) in [6.45, 7) is 6.71. The van der Waals surface area contributed by atoms with Crippen LogP contribution in [-0.2, 0) is 33.4 Å². The van der Waals surface area contributed by atoms with Gasteiger partial charge in [-0.1, -0.05) is 32.8 Å². The van der Waals surface area contributed by atoms with Gasteiger partial charge in [0.2, 0.25) is 6.41 Å². The SMILES string of the molecule is CCCCC1C(=O)OC(C)C(NC(=O)c2cccc(NC=O)c2O)C(=O)OC(C)C1OC(=O)CCC. The van der Waals surface area contributed by atoms with E-state index in [1.165, 1.54) is 32.0 Å².